The Labute approximate surface area is 165 Å². The van der Waals surface area contributed by atoms with Crippen molar-refractivity contribution < 1.29 is 14.8 Å². The number of benzene rings is 3. The number of nitrogens with two attached hydrogens (primary N) is 1. The number of rotatable bonds is 9. The van der Waals surface area contributed by atoms with Crippen LogP contribution in [0.3, 0.4) is 0 Å². The van der Waals surface area contributed by atoms with E-state index >= 15 is 0 Å². The van der Waals surface area contributed by atoms with Crippen molar-refractivity contribution in [3.05, 3.63) is 94.5 Å². The van der Waals surface area contributed by atoms with Crippen molar-refractivity contribution in [3.63, 3.8) is 0 Å². The number of hydrogen-bond acceptors (Lipinski definition) is 2. The Bertz CT molecular complexity index is 835. The zero-order chi connectivity index (χ0) is 18.9. The van der Waals surface area contributed by atoms with Crippen LogP contribution in [0, 0.1) is 0 Å². The van der Waals surface area contributed by atoms with Gasteiger partial charge in [0.25, 0.3) is 0 Å². The molecule has 0 aliphatic rings. The summed E-state index contributed by atoms with van der Waals surface area (Å²) in [5, 5.41) is 3.01. The van der Waals surface area contributed by atoms with Crippen LogP contribution in [0.15, 0.2) is 72.8 Å². The lowest BCUT2D eigenvalue weighted by atomic mass is 10.2. The van der Waals surface area contributed by atoms with Gasteiger partial charge in [-0.1, -0.05) is 54.1 Å². The number of quaternary nitrogens is 1. The summed E-state index contributed by atoms with van der Waals surface area (Å²) in [6, 6.07) is 24.3. The third-order valence-electron chi connectivity index (χ3n) is 4.22. The maximum absolute atomic E-state index is 5.97. The average Bonchev–Trinajstić information content (AvgIpc) is 2.70. The van der Waals surface area contributed by atoms with Crippen molar-refractivity contribution in [2.24, 2.45) is 0 Å². The van der Waals surface area contributed by atoms with Gasteiger partial charge in [-0.25, -0.2) is 0 Å². The van der Waals surface area contributed by atoms with Gasteiger partial charge in [-0.05, 0) is 42.8 Å². The van der Waals surface area contributed by atoms with E-state index in [0.717, 1.165) is 35.2 Å². The molecule has 0 radical (unpaired) electrons. The third-order valence-corrected chi connectivity index (χ3v) is 4.47. The van der Waals surface area contributed by atoms with Crippen LogP contribution in [-0.4, -0.2) is 6.61 Å². The van der Waals surface area contributed by atoms with Gasteiger partial charge in [0, 0.05) is 16.1 Å². The molecule has 0 spiro atoms. The van der Waals surface area contributed by atoms with Crippen molar-refractivity contribution in [1.29, 1.82) is 0 Å². The molecule has 2 N–H and O–H groups in total. The fourth-order valence-electron chi connectivity index (χ4n) is 2.83. The molecular weight excluding hydrogens is 358 g/mol. The second-order valence-electron chi connectivity index (χ2n) is 6.31. The summed E-state index contributed by atoms with van der Waals surface area (Å²) >= 11 is 5.93. The molecule has 0 aromatic heterocycles. The van der Waals surface area contributed by atoms with Crippen molar-refractivity contribution in [3.8, 4) is 11.5 Å². The van der Waals surface area contributed by atoms with Crippen LogP contribution in [0.4, 0.5) is 0 Å². The van der Waals surface area contributed by atoms with Crippen LogP contribution < -0.4 is 14.8 Å². The molecule has 27 heavy (non-hydrogen) atoms. The van der Waals surface area contributed by atoms with E-state index in [0.29, 0.717) is 13.2 Å². The topological polar surface area (TPSA) is 35.1 Å². The quantitative estimate of drug-likeness (QED) is 0.587. The Hall–Kier alpha value is -2.49. The maximum Gasteiger partial charge on any atom is 0.161 e. The van der Waals surface area contributed by atoms with Crippen molar-refractivity contribution in [2.45, 2.75) is 26.6 Å². The molecule has 0 fully saturated rings. The molecule has 3 nitrogen and oxygen atoms in total. The standard InChI is InChI=1S/C23H24ClNO2/c1-2-26-23-14-20(16-25-15-18-6-4-3-5-7-18)10-13-22(23)27-17-19-8-11-21(24)12-9-19/h3-14,25H,2,15-17H2,1H3/p+1. The van der Waals surface area contributed by atoms with E-state index in [2.05, 4.69) is 41.7 Å². The zero-order valence-corrected chi connectivity index (χ0v) is 16.3. The summed E-state index contributed by atoms with van der Waals surface area (Å²) in [5.41, 5.74) is 3.61. The van der Waals surface area contributed by atoms with Gasteiger partial charge in [-0.3, -0.25) is 0 Å². The van der Waals surface area contributed by atoms with Gasteiger partial charge in [0.05, 0.1) is 6.61 Å². The first kappa shape index (κ1) is 19.3. The van der Waals surface area contributed by atoms with Crippen molar-refractivity contribution in [2.75, 3.05) is 6.61 Å². The Morgan fingerprint density at radius 3 is 2.19 bits per heavy atom. The van der Waals surface area contributed by atoms with E-state index in [1.807, 2.05) is 43.3 Å². The molecule has 3 aromatic carbocycles. The van der Waals surface area contributed by atoms with Gasteiger partial charge in [0.15, 0.2) is 11.5 Å². The second-order valence-corrected chi connectivity index (χ2v) is 6.75. The number of hydrogen-bond donors (Lipinski definition) is 1. The molecule has 3 aromatic rings. The fraction of sp³-hybridized carbons (Fsp3) is 0.217. The normalized spacial score (nSPS) is 10.6. The van der Waals surface area contributed by atoms with Gasteiger partial charge in [0.1, 0.15) is 19.7 Å². The summed E-state index contributed by atoms with van der Waals surface area (Å²) in [4.78, 5) is 0. The van der Waals surface area contributed by atoms with Crippen LogP contribution in [0.25, 0.3) is 0 Å². The SMILES string of the molecule is CCOc1cc(C[NH2+]Cc2ccccc2)ccc1OCc1ccc(Cl)cc1. The minimum Gasteiger partial charge on any atom is -0.490 e. The highest BCUT2D eigenvalue weighted by Crippen LogP contribution is 2.29. The summed E-state index contributed by atoms with van der Waals surface area (Å²) in [6.07, 6.45) is 0. The summed E-state index contributed by atoms with van der Waals surface area (Å²) in [7, 11) is 0. The Kier molecular flexibility index (Phi) is 7.14. The molecule has 0 saturated carbocycles. The van der Waals surface area contributed by atoms with Crippen LogP contribution in [-0.2, 0) is 19.7 Å². The molecule has 0 aliphatic carbocycles. The summed E-state index contributed by atoms with van der Waals surface area (Å²) in [5.74, 6) is 1.55. The first-order valence-corrected chi connectivity index (χ1v) is 9.61. The number of halogens is 1. The first-order chi connectivity index (χ1) is 13.2. The Morgan fingerprint density at radius 1 is 0.741 bits per heavy atom. The van der Waals surface area contributed by atoms with Gasteiger partial charge >= 0.3 is 0 Å². The molecular formula is C23H25ClNO2+. The molecule has 4 heteroatoms. The van der Waals surface area contributed by atoms with Crippen molar-refractivity contribution in [1.82, 2.24) is 0 Å². The molecule has 3 rings (SSSR count). The molecule has 0 amide bonds. The smallest absolute Gasteiger partial charge is 0.161 e. The molecule has 0 bridgehead atoms. The zero-order valence-electron chi connectivity index (χ0n) is 15.5. The predicted octanol–water partition coefficient (Wildman–Crippen LogP) is 4.58. The molecule has 0 atom stereocenters. The molecule has 0 unspecified atom stereocenters. The summed E-state index contributed by atoms with van der Waals surface area (Å²) in [6.45, 7) is 4.93. The molecule has 140 valence electrons. The maximum atomic E-state index is 5.97. The monoisotopic (exact) mass is 382 g/mol. The molecule has 0 heterocycles. The highest BCUT2D eigenvalue weighted by Gasteiger charge is 2.08. The van der Waals surface area contributed by atoms with E-state index in [-0.39, 0.29) is 0 Å². The Morgan fingerprint density at radius 2 is 1.44 bits per heavy atom. The largest absolute Gasteiger partial charge is 0.490 e. The van der Waals surface area contributed by atoms with Gasteiger partial charge < -0.3 is 14.8 Å². The highest BCUT2D eigenvalue weighted by atomic mass is 35.5. The third kappa shape index (κ3) is 6.02. The van der Waals surface area contributed by atoms with E-state index < -0.39 is 0 Å². The van der Waals surface area contributed by atoms with Crippen LogP contribution in [0.1, 0.15) is 23.6 Å². The van der Waals surface area contributed by atoms with E-state index in [1.165, 1.54) is 11.1 Å². The van der Waals surface area contributed by atoms with E-state index in [9.17, 15) is 0 Å². The minimum atomic E-state index is 0.483. The van der Waals surface area contributed by atoms with Crippen LogP contribution in [0.5, 0.6) is 11.5 Å². The summed E-state index contributed by atoms with van der Waals surface area (Å²) < 4.78 is 11.8. The van der Waals surface area contributed by atoms with Gasteiger partial charge in [-0.2, -0.15) is 0 Å². The van der Waals surface area contributed by atoms with E-state index in [4.69, 9.17) is 21.1 Å². The average molecular weight is 383 g/mol. The van der Waals surface area contributed by atoms with Crippen LogP contribution in [0.2, 0.25) is 5.02 Å². The lowest BCUT2D eigenvalue weighted by Crippen LogP contribution is -2.80. The number of ether oxygens (including phenoxy) is 2. The fourth-order valence-corrected chi connectivity index (χ4v) is 2.95. The lowest BCUT2D eigenvalue weighted by molar-refractivity contribution is -0.686. The van der Waals surface area contributed by atoms with Gasteiger partial charge in [0.2, 0.25) is 0 Å². The van der Waals surface area contributed by atoms with E-state index in [1.54, 1.807) is 0 Å². The van der Waals surface area contributed by atoms with Gasteiger partial charge in [-0.15, -0.1) is 0 Å². The Balaban J connectivity index is 1.60. The lowest BCUT2D eigenvalue weighted by Gasteiger charge is -2.13. The molecule has 0 saturated heterocycles. The minimum absolute atomic E-state index is 0.483. The predicted molar refractivity (Wildman–Crippen MR) is 109 cm³/mol. The molecule has 0 aliphatic heterocycles. The highest BCUT2D eigenvalue weighted by molar-refractivity contribution is 6.30. The second kappa shape index (κ2) is 10.0. The first-order valence-electron chi connectivity index (χ1n) is 9.23. The van der Waals surface area contributed by atoms with Crippen LogP contribution >= 0.6 is 11.6 Å². The van der Waals surface area contributed by atoms with Crippen molar-refractivity contribution >= 4 is 11.6 Å².